The third-order valence-corrected chi connectivity index (χ3v) is 2.43. The summed E-state index contributed by atoms with van der Waals surface area (Å²) in [5, 5.41) is 2.94. The fraction of sp³-hybridized carbons (Fsp3) is 0. The molecule has 1 aromatic heterocycles. The Morgan fingerprint density at radius 2 is 1.94 bits per heavy atom. The van der Waals surface area contributed by atoms with Crippen molar-refractivity contribution in [2.75, 3.05) is 10.7 Å². The fourth-order valence-electron chi connectivity index (χ4n) is 1.43. The molecule has 18 heavy (non-hydrogen) atoms. The van der Waals surface area contributed by atoms with Crippen LogP contribution in [0.2, 0.25) is 5.15 Å². The number of rotatable bonds is 3. The third kappa shape index (κ3) is 2.97. The van der Waals surface area contributed by atoms with Crippen molar-refractivity contribution < 1.29 is 4.79 Å². The summed E-state index contributed by atoms with van der Waals surface area (Å²) < 4.78 is 0. The number of hydrazine groups is 1. The number of nitrogens with zero attached hydrogens (tertiary/aromatic N) is 1. The van der Waals surface area contributed by atoms with Gasteiger partial charge in [0.25, 0.3) is 5.91 Å². The zero-order valence-corrected chi connectivity index (χ0v) is 10.1. The summed E-state index contributed by atoms with van der Waals surface area (Å²) in [7, 11) is 0. The molecule has 92 valence electrons. The average molecular weight is 263 g/mol. The molecule has 0 saturated carbocycles. The highest BCUT2D eigenvalue weighted by molar-refractivity contribution is 6.30. The molecule has 0 spiro atoms. The largest absolute Gasteiger partial charge is 0.322 e. The maximum Gasteiger partial charge on any atom is 0.255 e. The number of para-hydroxylation sites is 1. The molecule has 0 unspecified atom stereocenters. The van der Waals surface area contributed by atoms with Crippen molar-refractivity contribution in [2.24, 2.45) is 5.84 Å². The van der Waals surface area contributed by atoms with Gasteiger partial charge in [-0.1, -0.05) is 29.8 Å². The van der Waals surface area contributed by atoms with Crippen LogP contribution in [0.3, 0.4) is 0 Å². The summed E-state index contributed by atoms with van der Waals surface area (Å²) in [4.78, 5) is 15.9. The van der Waals surface area contributed by atoms with Crippen LogP contribution in [0.15, 0.2) is 42.5 Å². The topological polar surface area (TPSA) is 80.0 Å². The predicted octanol–water partition coefficient (Wildman–Crippen LogP) is 2.27. The summed E-state index contributed by atoms with van der Waals surface area (Å²) in [6, 6.07) is 12.1. The average Bonchev–Trinajstić information content (AvgIpc) is 2.39. The normalized spacial score (nSPS) is 9.89. The van der Waals surface area contributed by atoms with E-state index in [1.165, 1.54) is 12.1 Å². The van der Waals surface area contributed by atoms with E-state index >= 15 is 0 Å². The lowest BCUT2D eigenvalue weighted by Gasteiger charge is -2.07. The molecule has 5 nitrogen and oxygen atoms in total. The summed E-state index contributed by atoms with van der Waals surface area (Å²) in [6.07, 6.45) is 0. The molecule has 1 heterocycles. The number of nitrogens with one attached hydrogen (secondary N) is 2. The molecule has 4 N–H and O–H groups in total. The molecular formula is C12H11ClN4O. The van der Waals surface area contributed by atoms with Gasteiger partial charge in [0, 0.05) is 11.3 Å². The van der Waals surface area contributed by atoms with Crippen LogP contribution in [0.25, 0.3) is 0 Å². The molecule has 0 aliphatic carbocycles. The number of pyridine rings is 1. The van der Waals surface area contributed by atoms with Gasteiger partial charge in [0.2, 0.25) is 0 Å². The first-order chi connectivity index (χ1) is 8.69. The van der Waals surface area contributed by atoms with Crippen molar-refractivity contribution in [3.63, 3.8) is 0 Å². The Hall–Kier alpha value is -2.11. The van der Waals surface area contributed by atoms with Crippen molar-refractivity contribution in [2.45, 2.75) is 0 Å². The standard InChI is InChI=1S/C12H11ClN4O/c13-10-6-8(7-11(16-10)17-14)12(18)15-9-4-2-1-3-5-9/h1-7H,14H2,(H,15,18)(H,16,17). The van der Waals surface area contributed by atoms with Crippen LogP contribution in [0, 0.1) is 0 Å². The van der Waals surface area contributed by atoms with E-state index in [0.717, 1.165) is 0 Å². The van der Waals surface area contributed by atoms with Gasteiger partial charge in [0.15, 0.2) is 0 Å². The number of aromatic nitrogens is 1. The lowest BCUT2D eigenvalue weighted by atomic mass is 10.2. The lowest BCUT2D eigenvalue weighted by molar-refractivity contribution is 0.102. The second kappa shape index (κ2) is 5.48. The van der Waals surface area contributed by atoms with Gasteiger partial charge in [0.1, 0.15) is 11.0 Å². The first kappa shape index (κ1) is 12.3. The molecule has 1 amide bonds. The van der Waals surface area contributed by atoms with Crippen molar-refractivity contribution >= 4 is 29.0 Å². The van der Waals surface area contributed by atoms with Crippen molar-refractivity contribution in [1.82, 2.24) is 4.98 Å². The molecule has 0 radical (unpaired) electrons. The van der Waals surface area contributed by atoms with Crippen LogP contribution in [0.4, 0.5) is 11.5 Å². The van der Waals surface area contributed by atoms with E-state index in [2.05, 4.69) is 15.7 Å². The van der Waals surface area contributed by atoms with Gasteiger partial charge in [-0.25, -0.2) is 10.8 Å². The molecule has 0 aliphatic heterocycles. The van der Waals surface area contributed by atoms with Crippen LogP contribution in [-0.4, -0.2) is 10.9 Å². The van der Waals surface area contributed by atoms with Crippen molar-refractivity contribution in [3.05, 3.63) is 53.2 Å². The summed E-state index contributed by atoms with van der Waals surface area (Å²) in [5.74, 6) is 5.30. The number of halogens is 1. The van der Waals surface area contributed by atoms with Gasteiger partial charge < -0.3 is 10.7 Å². The Labute approximate surface area is 109 Å². The van der Waals surface area contributed by atoms with Gasteiger partial charge >= 0.3 is 0 Å². The van der Waals surface area contributed by atoms with E-state index in [1.54, 1.807) is 12.1 Å². The van der Waals surface area contributed by atoms with E-state index in [9.17, 15) is 4.79 Å². The minimum Gasteiger partial charge on any atom is -0.322 e. The van der Waals surface area contributed by atoms with Crippen LogP contribution in [-0.2, 0) is 0 Å². The number of nitrogens with two attached hydrogens (primary N) is 1. The quantitative estimate of drug-likeness (QED) is 0.450. The minimum atomic E-state index is -0.276. The van der Waals surface area contributed by atoms with Crippen molar-refractivity contribution in [1.29, 1.82) is 0 Å². The number of nitrogen functional groups attached to an aromatic ring is 1. The molecule has 0 bridgehead atoms. The molecule has 1 aromatic carbocycles. The van der Waals surface area contributed by atoms with Crippen LogP contribution >= 0.6 is 11.6 Å². The molecule has 2 rings (SSSR count). The number of hydrogen-bond donors (Lipinski definition) is 3. The highest BCUT2D eigenvalue weighted by Gasteiger charge is 2.09. The van der Waals surface area contributed by atoms with Gasteiger partial charge in [-0.3, -0.25) is 4.79 Å². The second-order valence-electron chi connectivity index (χ2n) is 3.53. The fourth-order valence-corrected chi connectivity index (χ4v) is 1.64. The van der Waals surface area contributed by atoms with Crippen LogP contribution in [0.5, 0.6) is 0 Å². The zero-order valence-electron chi connectivity index (χ0n) is 9.35. The van der Waals surface area contributed by atoms with Gasteiger partial charge in [-0.15, -0.1) is 0 Å². The highest BCUT2D eigenvalue weighted by atomic mass is 35.5. The lowest BCUT2D eigenvalue weighted by Crippen LogP contribution is -2.14. The summed E-state index contributed by atoms with van der Waals surface area (Å²) in [6.45, 7) is 0. The van der Waals surface area contributed by atoms with Gasteiger partial charge in [0.05, 0.1) is 0 Å². The minimum absolute atomic E-state index is 0.198. The Bertz CT molecular complexity index is 559. The maximum absolute atomic E-state index is 12.0. The first-order valence-electron chi connectivity index (χ1n) is 5.19. The Morgan fingerprint density at radius 3 is 2.61 bits per heavy atom. The van der Waals surface area contributed by atoms with E-state index in [0.29, 0.717) is 17.1 Å². The van der Waals surface area contributed by atoms with E-state index in [1.807, 2.05) is 18.2 Å². The predicted molar refractivity (Wildman–Crippen MR) is 71.5 cm³/mol. The SMILES string of the molecule is NNc1cc(C(=O)Nc2ccccc2)cc(Cl)n1. The molecule has 6 heteroatoms. The molecule has 2 aromatic rings. The van der Waals surface area contributed by atoms with E-state index < -0.39 is 0 Å². The van der Waals surface area contributed by atoms with Crippen LogP contribution < -0.4 is 16.6 Å². The molecule has 0 aliphatic rings. The number of carbonyl (C=O) groups is 1. The van der Waals surface area contributed by atoms with Gasteiger partial charge in [-0.05, 0) is 24.3 Å². The molecule has 0 saturated heterocycles. The van der Waals surface area contributed by atoms with Crippen LogP contribution in [0.1, 0.15) is 10.4 Å². The molecule has 0 atom stereocenters. The zero-order chi connectivity index (χ0) is 13.0. The Balaban J connectivity index is 2.21. The van der Waals surface area contributed by atoms with E-state index in [-0.39, 0.29) is 11.1 Å². The number of anilines is 2. The highest BCUT2D eigenvalue weighted by Crippen LogP contribution is 2.15. The molecule has 0 fully saturated rings. The number of amides is 1. The number of carbonyl (C=O) groups excluding carboxylic acids is 1. The molecular weight excluding hydrogens is 252 g/mol. The number of hydrogen-bond acceptors (Lipinski definition) is 4. The number of benzene rings is 1. The van der Waals surface area contributed by atoms with Gasteiger partial charge in [-0.2, -0.15) is 0 Å². The first-order valence-corrected chi connectivity index (χ1v) is 5.57. The Kier molecular flexibility index (Phi) is 3.76. The third-order valence-electron chi connectivity index (χ3n) is 2.24. The van der Waals surface area contributed by atoms with E-state index in [4.69, 9.17) is 17.4 Å². The summed E-state index contributed by atoms with van der Waals surface area (Å²) in [5.41, 5.74) is 3.44. The maximum atomic E-state index is 12.0. The monoisotopic (exact) mass is 262 g/mol. The second-order valence-corrected chi connectivity index (χ2v) is 3.92. The summed E-state index contributed by atoms with van der Waals surface area (Å²) >= 11 is 5.79. The van der Waals surface area contributed by atoms with Crippen molar-refractivity contribution in [3.8, 4) is 0 Å². The smallest absolute Gasteiger partial charge is 0.255 e. The Morgan fingerprint density at radius 1 is 1.22 bits per heavy atom.